The summed E-state index contributed by atoms with van der Waals surface area (Å²) < 4.78 is 0. The largest absolute Gasteiger partial charge is 0.339 e. The van der Waals surface area contributed by atoms with Crippen molar-refractivity contribution in [2.75, 3.05) is 13.1 Å². The van der Waals surface area contributed by atoms with E-state index in [1.54, 1.807) is 0 Å². The molecule has 0 aromatic carbocycles. The SMILES string of the molecule is CCN(C(=O)C1CC=CC1)C1CCCCC1CN. The number of nitrogens with two attached hydrogens (primary N) is 1. The Hall–Kier alpha value is -0.830. The predicted molar refractivity (Wildman–Crippen MR) is 74.1 cm³/mol. The van der Waals surface area contributed by atoms with Gasteiger partial charge in [-0.25, -0.2) is 0 Å². The van der Waals surface area contributed by atoms with Crippen LogP contribution in [0.1, 0.15) is 45.4 Å². The topological polar surface area (TPSA) is 46.3 Å². The summed E-state index contributed by atoms with van der Waals surface area (Å²) in [5.41, 5.74) is 5.89. The standard InChI is InChI=1S/C15H26N2O/c1-2-17(15(18)12-7-3-4-8-12)14-10-6-5-9-13(14)11-16/h3-4,12-14H,2,5-11,16H2,1H3. The van der Waals surface area contributed by atoms with Crippen LogP contribution in [-0.4, -0.2) is 29.9 Å². The van der Waals surface area contributed by atoms with Crippen molar-refractivity contribution in [2.24, 2.45) is 17.6 Å². The maximum Gasteiger partial charge on any atom is 0.226 e. The van der Waals surface area contributed by atoms with Crippen LogP contribution in [0.4, 0.5) is 0 Å². The zero-order valence-corrected chi connectivity index (χ0v) is 11.5. The second-order valence-electron chi connectivity index (χ2n) is 5.61. The van der Waals surface area contributed by atoms with E-state index in [1.807, 2.05) is 0 Å². The third-order valence-electron chi connectivity index (χ3n) is 4.55. The van der Waals surface area contributed by atoms with Crippen LogP contribution in [0.15, 0.2) is 12.2 Å². The fourth-order valence-electron chi connectivity index (χ4n) is 3.48. The second-order valence-corrected chi connectivity index (χ2v) is 5.61. The quantitative estimate of drug-likeness (QED) is 0.778. The molecule has 2 aliphatic rings. The van der Waals surface area contributed by atoms with Crippen LogP contribution in [0.2, 0.25) is 0 Å². The van der Waals surface area contributed by atoms with E-state index < -0.39 is 0 Å². The summed E-state index contributed by atoms with van der Waals surface area (Å²) in [6, 6.07) is 0.391. The van der Waals surface area contributed by atoms with Gasteiger partial charge in [0, 0.05) is 18.5 Å². The van der Waals surface area contributed by atoms with Gasteiger partial charge in [-0.15, -0.1) is 0 Å². The number of carbonyl (C=O) groups is 1. The van der Waals surface area contributed by atoms with Gasteiger partial charge in [0.15, 0.2) is 0 Å². The molecule has 2 aliphatic carbocycles. The van der Waals surface area contributed by atoms with Crippen molar-refractivity contribution >= 4 is 5.91 Å². The molecule has 2 unspecified atom stereocenters. The van der Waals surface area contributed by atoms with E-state index >= 15 is 0 Å². The number of allylic oxidation sites excluding steroid dienone is 2. The van der Waals surface area contributed by atoms with Crippen LogP contribution in [0.3, 0.4) is 0 Å². The highest BCUT2D eigenvalue weighted by Gasteiger charge is 2.34. The van der Waals surface area contributed by atoms with Gasteiger partial charge < -0.3 is 10.6 Å². The first-order chi connectivity index (χ1) is 8.77. The van der Waals surface area contributed by atoms with Gasteiger partial charge in [-0.05, 0) is 45.1 Å². The van der Waals surface area contributed by atoms with Gasteiger partial charge in [-0.2, -0.15) is 0 Å². The third-order valence-corrected chi connectivity index (χ3v) is 4.55. The maximum atomic E-state index is 12.6. The fourth-order valence-corrected chi connectivity index (χ4v) is 3.48. The van der Waals surface area contributed by atoms with Crippen molar-refractivity contribution in [1.82, 2.24) is 4.90 Å². The van der Waals surface area contributed by atoms with Gasteiger partial charge in [-0.1, -0.05) is 25.0 Å². The number of amides is 1. The van der Waals surface area contributed by atoms with Gasteiger partial charge in [0.25, 0.3) is 0 Å². The highest BCUT2D eigenvalue weighted by Crippen LogP contribution is 2.30. The first-order valence-corrected chi connectivity index (χ1v) is 7.43. The average molecular weight is 250 g/mol. The van der Waals surface area contributed by atoms with Crippen molar-refractivity contribution in [3.63, 3.8) is 0 Å². The molecule has 0 aromatic heterocycles. The molecule has 1 saturated carbocycles. The zero-order valence-electron chi connectivity index (χ0n) is 11.5. The Bertz CT molecular complexity index is 306. The Morgan fingerprint density at radius 2 is 1.94 bits per heavy atom. The Morgan fingerprint density at radius 1 is 1.28 bits per heavy atom. The van der Waals surface area contributed by atoms with E-state index in [2.05, 4.69) is 24.0 Å². The molecule has 2 N–H and O–H groups in total. The molecular weight excluding hydrogens is 224 g/mol. The molecule has 2 rings (SSSR count). The lowest BCUT2D eigenvalue weighted by molar-refractivity contribution is -0.139. The molecule has 0 spiro atoms. The van der Waals surface area contributed by atoms with Crippen LogP contribution in [-0.2, 0) is 4.79 Å². The molecule has 3 nitrogen and oxygen atoms in total. The molecule has 2 atom stereocenters. The molecule has 18 heavy (non-hydrogen) atoms. The van der Waals surface area contributed by atoms with Crippen molar-refractivity contribution in [3.8, 4) is 0 Å². The number of hydrogen-bond donors (Lipinski definition) is 1. The van der Waals surface area contributed by atoms with Gasteiger partial charge in [-0.3, -0.25) is 4.79 Å². The number of nitrogens with zero attached hydrogens (tertiary/aromatic N) is 1. The Kier molecular flexibility index (Phi) is 4.81. The van der Waals surface area contributed by atoms with Crippen LogP contribution < -0.4 is 5.73 Å². The number of rotatable bonds is 4. The van der Waals surface area contributed by atoms with E-state index in [0.717, 1.165) is 32.4 Å². The minimum atomic E-state index is 0.199. The van der Waals surface area contributed by atoms with Crippen LogP contribution in [0.25, 0.3) is 0 Å². The van der Waals surface area contributed by atoms with E-state index in [9.17, 15) is 4.79 Å². The minimum absolute atomic E-state index is 0.199. The predicted octanol–water partition coefficient (Wildman–Crippen LogP) is 2.32. The molecule has 1 fully saturated rings. The summed E-state index contributed by atoms with van der Waals surface area (Å²) in [5.74, 6) is 1.06. The average Bonchev–Trinajstić information content (AvgIpc) is 2.94. The van der Waals surface area contributed by atoms with Gasteiger partial charge in [0.1, 0.15) is 0 Å². The zero-order chi connectivity index (χ0) is 13.0. The molecule has 0 bridgehead atoms. The molecule has 0 aliphatic heterocycles. The molecule has 0 saturated heterocycles. The van der Waals surface area contributed by atoms with Gasteiger partial charge in [0.05, 0.1) is 0 Å². The number of carbonyl (C=O) groups excluding carboxylic acids is 1. The maximum absolute atomic E-state index is 12.6. The molecular formula is C15H26N2O. The summed E-state index contributed by atoms with van der Waals surface area (Å²) in [7, 11) is 0. The van der Waals surface area contributed by atoms with E-state index in [4.69, 9.17) is 5.73 Å². The van der Waals surface area contributed by atoms with Gasteiger partial charge in [0.2, 0.25) is 5.91 Å². The lowest BCUT2D eigenvalue weighted by Crippen LogP contribution is -2.49. The molecule has 3 heteroatoms. The summed E-state index contributed by atoms with van der Waals surface area (Å²) in [6.07, 6.45) is 11.0. The first kappa shape index (κ1) is 13.6. The van der Waals surface area contributed by atoms with Crippen LogP contribution >= 0.6 is 0 Å². The Morgan fingerprint density at radius 3 is 2.56 bits per heavy atom. The van der Waals surface area contributed by atoms with Crippen molar-refractivity contribution < 1.29 is 4.79 Å². The smallest absolute Gasteiger partial charge is 0.226 e. The van der Waals surface area contributed by atoms with Crippen molar-refractivity contribution in [1.29, 1.82) is 0 Å². The second kappa shape index (κ2) is 6.37. The third kappa shape index (κ3) is 2.77. The van der Waals surface area contributed by atoms with E-state index in [1.165, 1.54) is 19.3 Å². The lowest BCUT2D eigenvalue weighted by Gasteiger charge is -2.40. The summed E-state index contributed by atoms with van der Waals surface area (Å²) in [4.78, 5) is 14.7. The molecule has 0 heterocycles. The molecule has 0 radical (unpaired) electrons. The van der Waals surface area contributed by atoms with E-state index in [0.29, 0.717) is 17.9 Å². The highest BCUT2D eigenvalue weighted by atomic mass is 16.2. The molecule has 0 aromatic rings. The fraction of sp³-hybridized carbons (Fsp3) is 0.800. The van der Waals surface area contributed by atoms with Crippen molar-refractivity contribution in [3.05, 3.63) is 12.2 Å². The van der Waals surface area contributed by atoms with Crippen LogP contribution in [0, 0.1) is 11.8 Å². The highest BCUT2D eigenvalue weighted by molar-refractivity contribution is 5.80. The summed E-state index contributed by atoms with van der Waals surface area (Å²) >= 11 is 0. The first-order valence-electron chi connectivity index (χ1n) is 7.43. The Balaban J connectivity index is 2.03. The number of hydrogen-bond acceptors (Lipinski definition) is 2. The minimum Gasteiger partial charge on any atom is -0.339 e. The molecule has 1 amide bonds. The summed E-state index contributed by atoms with van der Waals surface area (Å²) in [6.45, 7) is 3.65. The Labute approximate surface area is 110 Å². The lowest BCUT2D eigenvalue weighted by atomic mass is 9.83. The van der Waals surface area contributed by atoms with E-state index in [-0.39, 0.29) is 5.92 Å². The van der Waals surface area contributed by atoms with Crippen molar-refractivity contribution in [2.45, 2.75) is 51.5 Å². The van der Waals surface area contributed by atoms with Crippen LogP contribution in [0.5, 0.6) is 0 Å². The molecule has 102 valence electrons. The monoisotopic (exact) mass is 250 g/mol. The van der Waals surface area contributed by atoms with Gasteiger partial charge >= 0.3 is 0 Å². The normalized spacial score (nSPS) is 28.6. The summed E-state index contributed by atoms with van der Waals surface area (Å²) in [5, 5.41) is 0.